The van der Waals surface area contributed by atoms with Crippen molar-refractivity contribution in [3.8, 4) is 0 Å². The van der Waals surface area contributed by atoms with E-state index in [0.29, 0.717) is 0 Å². The molecule has 0 bridgehead atoms. The predicted octanol–water partition coefficient (Wildman–Crippen LogP) is -1.71. The third-order valence-electron chi connectivity index (χ3n) is 0.577. The molecule has 0 radical (unpaired) electrons. The van der Waals surface area contributed by atoms with E-state index in [9.17, 15) is 19.8 Å². The maximum Gasteiger partial charge on any atom is 2.00 e. The van der Waals surface area contributed by atoms with Crippen molar-refractivity contribution in [2.75, 3.05) is 0 Å². The van der Waals surface area contributed by atoms with Gasteiger partial charge in [-0.3, -0.25) is 0 Å². The van der Waals surface area contributed by atoms with E-state index in [2.05, 4.69) is 0 Å². The van der Waals surface area contributed by atoms with Gasteiger partial charge < -0.3 is 19.8 Å². The average molecular weight is 237 g/mol. The second kappa shape index (κ2) is 12.5. The van der Waals surface area contributed by atoms with E-state index in [1.165, 1.54) is 13.8 Å². The standard InChI is InChI=1S/2C3H6O2.Zr/c2*1-2-3(4)5;/h2*2H2,1H3,(H,4,5);/q;;+2/p-2. The molecule has 4 nitrogen and oxygen atoms in total. The number of carbonyl (C=O) groups excluding carboxylic acids is 2. The molecule has 0 aliphatic rings. The third kappa shape index (κ3) is 41.1. The Labute approximate surface area is 84.7 Å². The zero-order valence-electron chi connectivity index (χ0n) is 6.55. The van der Waals surface area contributed by atoms with Crippen molar-refractivity contribution in [1.82, 2.24) is 0 Å². The molecule has 0 aliphatic heterocycles. The summed E-state index contributed by atoms with van der Waals surface area (Å²) < 4.78 is 0. The van der Waals surface area contributed by atoms with Gasteiger partial charge >= 0.3 is 26.2 Å². The van der Waals surface area contributed by atoms with E-state index in [1.807, 2.05) is 0 Å². The monoisotopic (exact) mass is 236 g/mol. The Morgan fingerprint density at radius 3 is 1.09 bits per heavy atom. The Morgan fingerprint density at radius 1 is 1.00 bits per heavy atom. The molecular formula is C6H10O4Zr. The first-order valence-electron chi connectivity index (χ1n) is 2.94. The summed E-state index contributed by atoms with van der Waals surface area (Å²) in [6.45, 7) is 3.07. The number of aliphatic carboxylic acids is 2. The van der Waals surface area contributed by atoms with E-state index in [1.54, 1.807) is 0 Å². The fourth-order valence-electron chi connectivity index (χ4n) is 0. The fraction of sp³-hybridized carbons (Fsp3) is 0.667. The zero-order valence-corrected chi connectivity index (χ0v) is 9.01. The largest absolute Gasteiger partial charge is 2.00 e. The van der Waals surface area contributed by atoms with Gasteiger partial charge in [0.2, 0.25) is 0 Å². The van der Waals surface area contributed by atoms with Crippen molar-refractivity contribution >= 4 is 11.9 Å². The van der Waals surface area contributed by atoms with Crippen LogP contribution >= 0.6 is 0 Å². The van der Waals surface area contributed by atoms with Gasteiger partial charge in [-0.15, -0.1) is 0 Å². The summed E-state index contributed by atoms with van der Waals surface area (Å²) in [6.07, 6.45) is 0.222. The van der Waals surface area contributed by atoms with Crippen molar-refractivity contribution in [2.45, 2.75) is 26.7 Å². The number of hydrogen-bond donors (Lipinski definition) is 0. The summed E-state index contributed by atoms with van der Waals surface area (Å²) in [5, 5.41) is 18.5. The number of carbonyl (C=O) groups is 2. The Balaban J connectivity index is -0.000000107. The van der Waals surface area contributed by atoms with Crippen molar-refractivity contribution < 1.29 is 46.0 Å². The van der Waals surface area contributed by atoms with Crippen LogP contribution in [-0.2, 0) is 35.8 Å². The van der Waals surface area contributed by atoms with Crippen molar-refractivity contribution in [3.05, 3.63) is 0 Å². The van der Waals surface area contributed by atoms with Crippen molar-refractivity contribution in [3.63, 3.8) is 0 Å². The molecule has 0 unspecified atom stereocenters. The molecule has 0 fully saturated rings. The summed E-state index contributed by atoms with van der Waals surface area (Å²) in [5.74, 6) is -1.99. The van der Waals surface area contributed by atoms with Crippen LogP contribution in [0.15, 0.2) is 0 Å². The normalized spacial score (nSPS) is 6.73. The third-order valence-corrected chi connectivity index (χ3v) is 0.577. The van der Waals surface area contributed by atoms with Crippen LogP contribution in [-0.4, -0.2) is 11.9 Å². The number of rotatable bonds is 2. The zero-order chi connectivity index (χ0) is 8.57. The Morgan fingerprint density at radius 2 is 1.09 bits per heavy atom. The summed E-state index contributed by atoms with van der Waals surface area (Å²) in [4.78, 5) is 18.5. The van der Waals surface area contributed by atoms with Crippen LogP contribution in [0.25, 0.3) is 0 Å². The summed E-state index contributed by atoms with van der Waals surface area (Å²) in [6, 6.07) is 0. The van der Waals surface area contributed by atoms with Gasteiger partial charge in [-0.1, -0.05) is 13.8 Å². The van der Waals surface area contributed by atoms with Crippen molar-refractivity contribution in [1.29, 1.82) is 0 Å². The first-order chi connectivity index (χ1) is 4.54. The van der Waals surface area contributed by atoms with E-state index in [4.69, 9.17) is 0 Å². The van der Waals surface area contributed by atoms with Gasteiger partial charge in [-0.05, 0) is 12.8 Å². The molecule has 5 heteroatoms. The molecule has 0 aromatic heterocycles. The molecule has 0 N–H and O–H groups in total. The summed E-state index contributed by atoms with van der Waals surface area (Å²) in [5.41, 5.74) is 0. The van der Waals surface area contributed by atoms with E-state index in [-0.39, 0.29) is 39.0 Å². The van der Waals surface area contributed by atoms with E-state index >= 15 is 0 Å². The van der Waals surface area contributed by atoms with Gasteiger partial charge in [0.05, 0.1) is 0 Å². The molecule has 0 heterocycles. The van der Waals surface area contributed by atoms with Gasteiger partial charge in [0.1, 0.15) is 0 Å². The second-order valence-corrected chi connectivity index (χ2v) is 1.45. The molecule has 11 heavy (non-hydrogen) atoms. The molecule has 0 spiro atoms. The fourth-order valence-corrected chi connectivity index (χ4v) is 0. The molecule has 62 valence electrons. The molecular weight excluding hydrogens is 227 g/mol. The Hall–Kier alpha value is -0.177. The molecule has 0 saturated carbocycles. The number of carboxylic acid groups (broad SMARTS) is 2. The minimum absolute atomic E-state index is 0. The maximum absolute atomic E-state index is 9.26. The second-order valence-electron chi connectivity index (χ2n) is 1.45. The minimum Gasteiger partial charge on any atom is -0.550 e. The molecule has 0 aliphatic carbocycles. The van der Waals surface area contributed by atoms with Gasteiger partial charge in [0, 0.05) is 11.9 Å². The smallest absolute Gasteiger partial charge is 0.550 e. The van der Waals surface area contributed by atoms with Crippen LogP contribution < -0.4 is 10.2 Å². The Kier molecular flexibility index (Phi) is 19.4. The van der Waals surface area contributed by atoms with Crippen LogP contribution in [0.2, 0.25) is 0 Å². The van der Waals surface area contributed by atoms with Gasteiger partial charge in [0.25, 0.3) is 0 Å². The minimum atomic E-state index is -0.995. The molecule has 0 aromatic rings. The topological polar surface area (TPSA) is 80.3 Å². The molecule has 0 atom stereocenters. The van der Waals surface area contributed by atoms with Gasteiger partial charge in [-0.2, -0.15) is 0 Å². The quantitative estimate of drug-likeness (QED) is 0.573. The summed E-state index contributed by atoms with van der Waals surface area (Å²) >= 11 is 0. The average Bonchev–Trinajstić information content (AvgIpc) is 1.89. The van der Waals surface area contributed by atoms with Crippen LogP contribution in [0.1, 0.15) is 26.7 Å². The molecule has 0 amide bonds. The van der Waals surface area contributed by atoms with Gasteiger partial charge in [0.15, 0.2) is 0 Å². The van der Waals surface area contributed by atoms with Gasteiger partial charge in [-0.25, -0.2) is 0 Å². The van der Waals surface area contributed by atoms with Crippen molar-refractivity contribution in [2.24, 2.45) is 0 Å². The van der Waals surface area contributed by atoms with E-state index < -0.39 is 11.9 Å². The number of hydrogen-bond acceptors (Lipinski definition) is 4. The van der Waals surface area contributed by atoms with Crippen LogP contribution in [0, 0.1) is 0 Å². The maximum atomic E-state index is 9.26. The SMILES string of the molecule is CCC(=O)[O-].CCC(=O)[O-].[Zr+2]. The van der Waals surface area contributed by atoms with Crippen LogP contribution in [0.5, 0.6) is 0 Å². The summed E-state index contributed by atoms with van der Waals surface area (Å²) in [7, 11) is 0. The van der Waals surface area contributed by atoms with E-state index in [0.717, 1.165) is 0 Å². The first kappa shape index (κ1) is 17.1. The number of carboxylic acids is 2. The Bertz CT molecular complexity index is 99.1. The van der Waals surface area contributed by atoms with Crippen LogP contribution in [0.4, 0.5) is 0 Å². The first-order valence-corrected chi connectivity index (χ1v) is 2.94. The molecule has 0 rings (SSSR count). The predicted molar refractivity (Wildman–Crippen MR) is 30.6 cm³/mol. The molecule has 0 aromatic carbocycles. The molecule has 0 saturated heterocycles. The van der Waals surface area contributed by atoms with Crippen LogP contribution in [0.3, 0.4) is 0 Å².